The Morgan fingerprint density at radius 3 is 2.52 bits per heavy atom. The molecule has 6 heteroatoms. The molecular formula is C15H18ClNO3S. The summed E-state index contributed by atoms with van der Waals surface area (Å²) in [6, 6.07) is 4.60. The molecule has 3 aliphatic rings. The Bertz CT molecular complexity index is 674. The molecule has 0 amide bonds. The first kappa shape index (κ1) is 14.0. The average Bonchev–Trinajstić information content (AvgIpc) is 2.85. The molecule has 0 radical (unpaired) electrons. The molecule has 2 bridgehead atoms. The van der Waals surface area contributed by atoms with Crippen LogP contribution >= 0.6 is 11.6 Å². The van der Waals surface area contributed by atoms with Crippen molar-refractivity contribution in [3.8, 4) is 0 Å². The van der Waals surface area contributed by atoms with Crippen molar-refractivity contribution in [2.75, 3.05) is 0 Å². The first-order valence-electron chi connectivity index (χ1n) is 7.43. The minimum absolute atomic E-state index is 0.120. The van der Waals surface area contributed by atoms with Crippen molar-refractivity contribution in [1.82, 2.24) is 4.72 Å². The van der Waals surface area contributed by atoms with Crippen molar-refractivity contribution < 1.29 is 13.5 Å². The maximum absolute atomic E-state index is 12.5. The lowest BCUT2D eigenvalue weighted by Crippen LogP contribution is -2.30. The molecule has 0 saturated heterocycles. The van der Waals surface area contributed by atoms with Crippen molar-refractivity contribution >= 4 is 21.6 Å². The summed E-state index contributed by atoms with van der Waals surface area (Å²) in [5, 5.41) is 9.60. The number of aliphatic hydroxyl groups excluding tert-OH is 1. The van der Waals surface area contributed by atoms with Gasteiger partial charge in [0, 0.05) is 11.1 Å². The quantitative estimate of drug-likeness (QED) is 0.890. The highest BCUT2D eigenvalue weighted by atomic mass is 35.5. The van der Waals surface area contributed by atoms with Gasteiger partial charge in [0.15, 0.2) is 0 Å². The Balaban J connectivity index is 1.55. The second-order valence-corrected chi connectivity index (χ2v) is 8.67. The number of sulfonamides is 1. The number of rotatable bonds is 4. The molecule has 0 aromatic heterocycles. The van der Waals surface area contributed by atoms with Gasteiger partial charge < -0.3 is 5.11 Å². The van der Waals surface area contributed by atoms with E-state index in [1.165, 1.54) is 37.5 Å². The Morgan fingerprint density at radius 1 is 1.24 bits per heavy atom. The molecule has 114 valence electrons. The summed E-state index contributed by atoms with van der Waals surface area (Å²) < 4.78 is 27.8. The molecule has 3 aliphatic carbocycles. The van der Waals surface area contributed by atoms with E-state index in [2.05, 4.69) is 4.72 Å². The number of hydrogen-bond acceptors (Lipinski definition) is 3. The number of nitrogens with one attached hydrogen (secondary N) is 1. The van der Waals surface area contributed by atoms with Crippen LogP contribution in [0.15, 0.2) is 23.1 Å². The fourth-order valence-electron chi connectivity index (χ4n) is 4.57. The summed E-state index contributed by atoms with van der Waals surface area (Å²) in [5.74, 6) is 2.57. The molecule has 21 heavy (non-hydrogen) atoms. The second-order valence-electron chi connectivity index (χ2n) is 6.55. The van der Waals surface area contributed by atoms with E-state index in [0.717, 1.165) is 11.8 Å². The lowest BCUT2D eigenvalue weighted by molar-refractivity contribution is 0.281. The van der Waals surface area contributed by atoms with Gasteiger partial charge in [-0.1, -0.05) is 11.6 Å². The third-order valence-corrected chi connectivity index (χ3v) is 7.35. The van der Waals surface area contributed by atoms with Crippen LogP contribution < -0.4 is 4.72 Å². The molecule has 0 spiro atoms. The van der Waals surface area contributed by atoms with Gasteiger partial charge in [0.1, 0.15) is 0 Å². The standard InChI is InChI=1S/C15H18ClNO3S/c16-12-4-3-11(6-10(12)7-18)21(19,20)17-15-13-8-1-2-9(5-8)14(13)15/h3-4,6,8-9,13-15,17-18H,1-2,5,7H2. The fraction of sp³-hybridized carbons (Fsp3) is 0.600. The highest BCUT2D eigenvalue weighted by Crippen LogP contribution is 2.65. The summed E-state index contributed by atoms with van der Waals surface area (Å²) in [7, 11) is -3.53. The molecule has 1 aromatic rings. The van der Waals surface area contributed by atoms with Crippen LogP contribution in [0.25, 0.3) is 0 Å². The number of halogens is 1. The van der Waals surface area contributed by atoms with Crippen molar-refractivity contribution in [1.29, 1.82) is 0 Å². The zero-order valence-corrected chi connectivity index (χ0v) is 13.1. The van der Waals surface area contributed by atoms with Gasteiger partial charge in [0.25, 0.3) is 0 Å². The van der Waals surface area contributed by atoms with Crippen LogP contribution in [0.4, 0.5) is 0 Å². The predicted molar refractivity (Wildman–Crippen MR) is 79.3 cm³/mol. The van der Waals surface area contributed by atoms with Gasteiger partial charge in [-0.05, 0) is 66.7 Å². The van der Waals surface area contributed by atoms with Crippen LogP contribution in [-0.4, -0.2) is 19.6 Å². The molecule has 4 rings (SSSR count). The third kappa shape index (κ3) is 2.13. The van der Waals surface area contributed by atoms with Crippen molar-refractivity contribution in [3.05, 3.63) is 28.8 Å². The lowest BCUT2D eigenvalue weighted by atomic mass is 10.0. The van der Waals surface area contributed by atoms with Crippen LogP contribution in [0.1, 0.15) is 24.8 Å². The molecule has 0 aliphatic heterocycles. The van der Waals surface area contributed by atoms with E-state index >= 15 is 0 Å². The topological polar surface area (TPSA) is 66.4 Å². The molecule has 4 atom stereocenters. The SMILES string of the molecule is O=S(=O)(NC1C2C3CCC(C3)C12)c1ccc(Cl)c(CO)c1. The van der Waals surface area contributed by atoms with Crippen molar-refractivity contribution in [3.63, 3.8) is 0 Å². The highest BCUT2D eigenvalue weighted by Gasteiger charge is 2.65. The van der Waals surface area contributed by atoms with Gasteiger partial charge >= 0.3 is 0 Å². The molecule has 4 unspecified atom stereocenters. The van der Waals surface area contributed by atoms with Gasteiger partial charge in [0.2, 0.25) is 10.0 Å². The van der Waals surface area contributed by atoms with Crippen LogP contribution in [0.2, 0.25) is 5.02 Å². The Kier molecular flexibility index (Phi) is 3.12. The van der Waals surface area contributed by atoms with E-state index in [9.17, 15) is 13.5 Å². The summed E-state index contributed by atoms with van der Waals surface area (Å²) in [6.07, 6.45) is 3.82. The first-order valence-corrected chi connectivity index (χ1v) is 9.29. The monoisotopic (exact) mass is 327 g/mol. The summed E-state index contributed by atoms with van der Waals surface area (Å²) in [6.45, 7) is -0.263. The number of fused-ring (bicyclic) bond motifs is 5. The second kappa shape index (κ2) is 4.69. The summed E-state index contributed by atoms with van der Waals surface area (Å²) in [5.41, 5.74) is 0.440. The predicted octanol–water partition coefficient (Wildman–Crippen LogP) is 2.16. The molecule has 2 N–H and O–H groups in total. The number of aliphatic hydroxyl groups is 1. The zero-order chi connectivity index (χ0) is 14.8. The van der Waals surface area contributed by atoms with Gasteiger partial charge in [-0.15, -0.1) is 0 Å². The lowest BCUT2D eigenvalue weighted by Gasteiger charge is -2.12. The van der Waals surface area contributed by atoms with Gasteiger partial charge in [-0.25, -0.2) is 13.1 Å². The average molecular weight is 328 g/mol. The van der Waals surface area contributed by atoms with Gasteiger partial charge in [-0.2, -0.15) is 0 Å². The zero-order valence-electron chi connectivity index (χ0n) is 11.5. The normalized spacial score (nSPS) is 36.8. The summed E-state index contributed by atoms with van der Waals surface area (Å²) >= 11 is 5.91. The molecule has 4 nitrogen and oxygen atoms in total. The molecule has 1 aromatic carbocycles. The Labute approximate surface area is 129 Å². The first-order chi connectivity index (χ1) is 10.0. The Hall–Kier alpha value is -0.620. The van der Waals surface area contributed by atoms with Gasteiger partial charge in [0.05, 0.1) is 11.5 Å². The molecular weight excluding hydrogens is 310 g/mol. The van der Waals surface area contributed by atoms with E-state index < -0.39 is 10.0 Å². The van der Waals surface area contributed by atoms with Crippen LogP contribution in [0, 0.1) is 23.7 Å². The van der Waals surface area contributed by atoms with E-state index in [4.69, 9.17) is 11.6 Å². The smallest absolute Gasteiger partial charge is 0.240 e. The largest absolute Gasteiger partial charge is 0.392 e. The third-order valence-electron chi connectivity index (χ3n) is 5.52. The van der Waals surface area contributed by atoms with Crippen molar-refractivity contribution in [2.24, 2.45) is 23.7 Å². The van der Waals surface area contributed by atoms with E-state index in [-0.39, 0.29) is 17.5 Å². The van der Waals surface area contributed by atoms with Gasteiger partial charge in [-0.3, -0.25) is 0 Å². The molecule has 0 heterocycles. The Morgan fingerprint density at radius 2 is 1.90 bits per heavy atom. The summed E-state index contributed by atoms with van der Waals surface area (Å²) in [4.78, 5) is 0.188. The highest BCUT2D eigenvalue weighted by molar-refractivity contribution is 7.89. The number of hydrogen-bond donors (Lipinski definition) is 2. The van der Waals surface area contributed by atoms with Crippen LogP contribution in [0.3, 0.4) is 0 Å². The van der Waals surface area contributed by atoms with Crippen LogP contribution in [-0.2, 0) is 16.6 Å². The maximum Gasteiger partial charge on any atom is 0.240 e. The minimum atomic E-state index is -3.53. The minimum Gasteiger partial charge on any atom is -0.392 e. The van der Waals surface area contributed by atoms with Crippen LogP contribution in [0.5, 0.6) is 0 Å². The number of benzene rings is 1. The fourth-order valence-corrected chi connectivity index (χ4v) is 6.10. The van der Waals surface area contributed by atoms with E-state index in [1.807, 2.05) is 0 Å². The van der Waals surface area contributed by atoms with Crippen molar-refractivity contribution in [2.45, 2.75) is 36.8 Å². The van der Waals surface area contributed by atoms with E-state index in [0.29, 0.717) is 22.4 Å². The van der Waals surface area contributed by atoms with E-state index in [1.54, 1.807) is 0 Å². The molecule has 3 fully saturated rings. The molecule has 3 saturated carbocycles. The maximum atomic E-state index is 12.5.